The van der Waals surface area contributed by atoms with Gasteiger partial charge in [0.25, 0.3) is 5.91 Å². The van der Waals surface area contributed by atoms with Crippen LogP contribution in [0.15, 0.2) is 30.3 Å². The predicted molar refractivity (Wildman–Crippen MR) is 92.2 cm³/mol. The van der Waals surface area contributed by atoms with Crippen molar-refractivity contribution in [1.82, 2.24) is 14.9 Å². The lowest BCUT2D eigenvalue weighted by molar-refractivity contribution is 0.0786. The standard InChI is InChI=1S/C18H22N4O2/c1-13-20-16(18(23)22-9-3-4-10-22)11-17(21-13)19-12-14-5-7-15(24-2)8-6-14/h5-8,11H,3-4,9-10,12H2,1-2H3,(H,19,20,21). The highest BCUT2D eigenvalue weighted by atomic mass is 16.5. The molecule has 1 aromatic heterocycles. The molecule has 0 spiro atoms. The van der Waals surface area contributed by atoms with E-state index in [-0.39, 0.29) is 5.91 Å². The van der Waals surface area contributed by atoms with E-state index in [1.165, 1.54) is 0 Å². The van der Waals surface area contributed by atoms with Gasteiger partial charge in [0.1, 0.15) is 23.1 Å². The molecule has 0 aliphatic carbocycles. The van der Waals surface area contributed by atoms with Gasteiger partial charge in [-0.2, -0.15) is 0 Å². The number of methoxy groups -OCH3 is 1. The lowest BCUT2D eigenvalue weighted by atomic mass is 10.2. The molecule has 0 atom stereocenters. The quantitative estimate of drug-likeness (QED) is 0.915. The fraction of sp³-hybridized carbons (Fsp3) is 0.389. The molecule has 3 rings (SSSR count). The number of carbonyl (C=O) groups is 1. The number of likely N-dealkylation sites (tertiary alicyclic amines) is 1. The molecule has 1 aromatic carbocycles. The van der Waals surface area contributed by atoms with Gasteiger partial charge in [-0.05, 0) is 37.5 Å². The van der Waals surface area contributed by atoms with E-state index >= 15 is 0 Å². The van der Waals surface area contributed by atoms with Crippen molar-refractivity contribution in [3.8, 4) is 5.75 Å². The molecule has 1 aliphatic heterocycles. The highest BCUT2D eigenvalue weighted by Gasteiger charge is 2.21. The zero-order chi connectivity index (χ0) is 16.9. The van der Waals surface area contributed by atoms with Crippen LogP contribution in [0.1, 0.15) is 34.7 Å². The first-order chi connectivity index (χ1) is 11.7. The Morgan fingerprint density at radius 1 is 1.21 bits per heavy atom. The maximum absolute atomic E-state index is 12.5. The van der Waals surface area contributed by atoms with Crippen molar-refractivity contribution in [1.29, 1.82) is 0 Å². The van der Waals surface area contributed by atoms with Crippen LogP contribution in [0.3, 0.4) is 0 Å². The Kier molecular flexibility index (Phi) is 4.93. The fourth-order valence-electron chi connectivity index (χ4n) is 2.79. The van der Waals surface area contributed by atoms with Crippen molar-refractivity contribution in [2.45, 2.75) is 26.3 Å². The Balaban J connectivity index is 1.69. The zero-order valence-corrected chi connectivity index (χ0v) is 14.1. The monoisotopic (exact) mass is 326 g/mol. The number of nitrogens with zero attached hydrogens (tertiary/aromatic N) is 3. The number of nitrogens with one attached hydrogen (secondary N) is 1. The Labute approximate surface area is 141 Å². The first-order valence-electron chi connectivity index (χ1n) is 8.17. The number of carbonyl (C=O) groups excluding carboxylic acids is 1. The van der Waals surface area contributed by atoms with Gasteiger partial charge in [0.2, 0.25) is 0 Å². The summed E-state index contributed by atoms with van der Waals surface area (Å²) in [7, 11) is 1.65. The van der Waals surface area contributed by atoms with Crippen LogP contribution in [0.25, 0.3) is 0 Å². The van der Waals surface area contributed by atoms with Gasteiger partial charge >= 0.3 is 0 Å². The van der Waals surface area contributed by atoms with E-state index in [1.807, 2.05) is 29.2 Å². The van der Waals surface area contributed by atoms with Crippen LogP contribution in [0.5, 0.6) is 5.75 Å². The smallest absolute Gasteiger partial charge is 0.272 e. The molecule has 6 heteroatoms. The number of aryl methyl sites for hydroxylation is 1. The summed E-state index contributed by atoms with van der Waals surface area (Å²) in [6, 6.07) is 9.57. The summed E-state index contributed by atoms with van der Waals surface area (Å²) in [6.45, 7) is 4.06. The van der Waals surface area contributed by atoms with E-state index in [4.69, 9.17) is 4.74 Å². The summed E-state index contributed by atoms with van der Waals surface area (Å²) in [4.78, 5) is 23.0. The number of aromatic nitrogens is 2. The molecule has 1 N–H and O–H groups in total. The summed E-state index contributed by atoms with van der Waals surface area (Å²) in [5.74, 6) is 2.08. The average Bonchev–Trinajstić information content (AvgIpc) is 3.14. The van der Waals surface area contributed by atoms with Gasteiger partial charge in [-0.15, -0.1) is 0 Å². The average molecular weight is 326 g/mol. The molecule has 0 unspecified atom stereocenters. The van der Waals surface area contributed by atoms with Crippen LogP contribution in [0.2, 0.25) is 0 Å². The molecule has 126 valence electrons. The van der Waals surface area contributed by atoms with Crippen LogP contribution >= 0.6 is 0 Å². The third-order valence-corrected chi connectivity index (χ3v) is 4.08. The molecular weight excluding hydrogens is 304 g/mol. The van der Waals surface area contributed by atoms with Gasteiger partial charge in [0.05, 0.1) is 7.11 Å². The van der Waals surface area contributed by atoms with Crippen LogP contribution < -0.4 is 10.1 Å². The molecule has 24 heavy (non-hydrogen) atoms. The number of ether oxygens (including phenoxy) is 1. The normalized spacial score (nSPS) is 13.8. The topological polar surface area (TPSA) is 67.3 Å². The minimum absolute atomic E-state index is 0.00880. The van der Waals surface area contributed by atoms with Gasteiger partial charge in [0, 0.05) is 25.7 Å². The molecule has 1 fully saturated rings. The summed E-state index contributed by atoms with van der Waals surface area (Å²) < 4.78 is 5.16. The zero-order valence-electron chi connectivity index (χ0n) is 14.1. The highest BCUT2D eigenvalue weighted by Crippen LogP contribution is 2.16. The molecule has 0 bridgehead atoms. The van der Waals surface area contributed by atoms with Crippen molar-refractivity contribution in [3.05, 3.63) is 47.4 Å². The van der Waals surface area contributed by atoms with Gasteiger partial charge in [-0.1, -0.05) is 12.1 Å². The molecule has 2 aromatic rings. The van der Waals surface area contributed by atoms with Crippen molar-refractivity contribution >= 4 is 11.7 Å². The number of anilines is 1. The van der Waals surface area contributed by atoms with E-state index in [9.17, 15) is 4.79 Å². The molecule has 1 aliphatic rings. The number of rotatable bonds is 5. The maximum atomic E-state index is 12.5. The van der Waals surface area contributed by atoms with Crippen LogP contribution in [-0.2, 0) is 6.54 Å². The SMILES string of the molecule is COc1ccc(CNc2cc(C(=O)N3CCCC3)nc(C)n2)cc1. The third-order valence-electron chi connectivity index (χ3n) is 4.08. The largest absolute Gasteiger partial charge is 0.497 e. The van der Waals surface area contributed by atoms with Crippen LogP contribution in [-0.4, -0.2) is 41.0 Å². The van der Waals surface area contributed by atoms with E-state index in [1.54, 1.807) is 20.1 Å². The summed E-state index contributed by atoms with van der Waals surface area (Å²) in [5.41, 5.74) is 1.57. The Morgan fingerprint density at radius 3 is 2.58 bits per heavy atom. The minimum atomic E-state index is -0.00880. The Morgan fingerprint density at radius 2 is 1.92 bits per heavy atom. The van der Waals surface area contributed by atoms with Crippen LogP contribution in [0.4, 0.5) is 5.82 Å². The van der Waals surface area contributed by atoms with E-state index in [0.717, 1.165) is 37.2 Å². The first-order valence-corrected chi connectivity index (χ1v) is 8.17. The lowest BCUT2D eigenvalue weighted by Gasteiger charge is -2.15. The molecule has 1 saturated heterocycles. The second-order valence-electron chi connectivity index (χ2n) is 5.89. The van der Waals surface area contributed by atoms with Gasteiger partial charge in [-0.3, -0.25) is 4.79 Å². The second-order valence-corrected chi connectivity index (χ2v) is 5.89. The predicted octanol–water partition coefficient (Wildman–Crippen LogP) is 2.64. The lowest BCUT2D eigenvalue weighted by Crippen LogP contribution is -2.28. The highest BCUT2D eigenvalue weighted by molar-refractivity contribution is 5.93. The van der Waals surface area contributed by atoms with Crippen molar-refractivity contribution in [3.63, 3.8) is 0 Å². The van der Waals surface area contributed by atoms with E-state index < -0.39 is 0 Å². The summed E-state index contributed by atoms with van der Waals surface area (Å²) in [5, 5.41) is 3.26. The maximum Gasteiger partial charge on any atom is 0.272 e. The van der Waals surface area contributed by atoms with E-state index in [2.05, 4.69) is 15.3 Å². The molecule has 0 saturated carbocycles. The fourth-order valence-corrected chi connectivity index (χ4v) is 2.79. The van der Waals surface area contributed by atoms with Gasteiger partial charge in [0.15, 0.2) is 0 Å². The molecule has 1 amide bonds. The van der Waals surface area contributed by atoms with Gasteiger partial charge in [-0.25, -0.2) is 9.97 Å². The number of amides is 1. The van der Waals surface area contributed by atoms with Crippen molar-refractivity contribution in [2.75, 3.05) is 25.5 Å². The number of hydrogen-bond acceptors (Lipinski definition) is 5. The summed E-state index contributed by atoms with van der Waals surface area (Å²) >= 11 is 0. The van der Waals surface area contributed by atoms with Crippen molar-refractivity contribution in [2.24, 2.45) is 0 Å². The summed E-state index contributed by atoms with van der Waals surface area (Å²) in [6.07, 6.45) is 2.14. The molecular formula is C18H22N4O2. The number of benzene rings is 1. The second kappa shape index (κ2) is 7.29. The third kappa shape index (κ3) is 3.82. The Bertz CT molecular complexity index is 709. The molecule has 6 nitrogen and oxygen atoms in total. The van der Waals surface area contributed by atoms with Gasteiger partial charge < -0.3 is 15.0 Å². The van der Waals surface area contributed by atoms with E-state index in [0.29, 0.717) is 23.9 Å². The van der Waals surface area contributed by atoms with Crippen LogP contribution in [0, 0.1) is 6.92 Å². The minimum Gasteiger partial charge on any atom is -0.497 e. The number of hydrogen-bond donors (Lipinski definition) is 1. The molecule has 2 heterocycles. The molecule has 0 radical (unpaired) electrons. The Hall–Kier alpha value is -2.63. The van der Waals surface area contributed by atoms with Crippen molar-refractivity contribution < 1.29 is 9.53 Å². The first kappa shape index (κ1) is 16.2.